The van der Waals surface area contributed by atoms with E-state index in [9.17, 15) is 0 Å². The summed E-state index contributed by atoms with van der Waals surface area (Å²) in [5, 5.41) is 6.85. The van der Waals surface area contributed by atoms with Crippen LogP contribution in [0.15, 0.2) is 4.99 Å². The van der Waals surface area contributed by atoms with Gasteiger partial charge in [0.15, 0.2) is 5.96 Å². The van der Waals surface area contributed by atoms with Gasteiger partial charge in [-0.3, -0.25) is 4.99 Å². The number of aliphatic imine (C=N–C) groups is 1. The molecule has 98 valence electrons. The van der Waals surface area contributed by atoms with Crippen LogP contribution in [-0.2, 0) is 0 Å². The lowest BCUT2D eigenvalue weighted by Gasteiger charge is -2.43. The number of hydrogen-bond acceptors (Lipinski definition) is 4. The highest BCUT2D eigenvalue weighted by atomic mass is 15.2. The van der Waals surface area contributed by atoms with Crippen LogP contribution in [0.1, 0.15) is 38.5 Å². The Labute approximate surface area is 105 Å². The van der Waals surface area contributed by atoms with Crippen LogP contribution in [0.4, 0.5) is 0 Å². The van der Waals surface area contributed by atoms with E-state index in [2.05, 4.69) is 34.6 Å². The van der Waals surface area contributed by atoms with E-state index in [-0.39, 0.29) is 0 Å². The van der Waals surface area contributed by atoms with Gasteiger partial charge in [-0.25, -0.2) is 0 Å². The fourth-order valence-electron chi connectivity index (χ4n) is 2.89. The molecule has 4 nitrogen and oxygen atoms in total. The number of rotatable bonds is 3. The van der Waals surface area contributed by atoms with E-state index in [1.165, 1.54) is 32.1 Å². The molecule has 1 heterocycles. The molecule has 0 aromatic carbocycles. The van der Waals surface area contributed by atoms with Crippen molar-refractivity contribution in [3.05, 3.63) is 0 Å². The minimum Gasteiger partial charge on any atom is -0.356 e. The molecule has 2 N–H and O–H groups in total. The lowest BCUT2D eigenvalue weighted by molar-refractivity contribution is 0.104. The first-order chi connectivity index (χ1) is 8.23. The summed E-state index contributed by atoms with van der Waals surface area (Å²) in [6.45, 7) is 3.04. The van der Waals surface area contributed by atoms with Crippen molar-refractivity contribution in [2.45, 2.75) is 44.1 Å². The number of nitrogens with zero attached hydrogens (tertiary/aromatic N) is 2. The maximum Gasteiger partial charge on any atom is 0.191 e. The molecule has 0 spiro atoms. The standard InChI is InChI=1S/C13H26N4/c1-17(2)13(7-4-3-5-8-13)11-16-12-14-9-6-10-15-12/h3-11H2,1-2H3,(H2,14,15,16). The Morgan fingerprint density at radius 3 is 2.59 bits per heavy atom. The van der Waals surface area contributed by atoms with Crippen molar-refractivity contribution in [1.29, 1.82) is 0 Å². The second-order valence-electron chi connectivity index (χ2n) is 5.54. The second kappa shape index (κ2) is 5.71. The number of likely N-dealkylation sites (N-methyl/N-ethyl adjacent to an activating group) is 1. The summed E-state index contributed by atoms with van der Waals surface area (Å²) in [7, 11) is 4.42. The van der Waals surface area contributed by atoms with E-state index < -0.39 is 0 Å². The van der Waals surface area contributed by atoms with Crippen LogP contribution >= 0.6 is 0 Å². The molecule has 0 saturated heterocycles. The van der Waals surface area contributed by atoms with Gasteiger partial charge in [-0.15, -0.1) is 0 Å². The quantitative estimate of drug-likeness (QED) is 0.776. The molecular weight excluding hydrogens is 212 g/mol. The molecule has 1 saturated carbocycles. The molecule has 1 aliphatic heterocycles. The van der Waals surface area contributed by atoms with E-state index >= 15 is 0 Å². The largest absolute Gasteiger partial charge is 0.356 e. The minimum atomic E-state index is 0.333. The van der Waals surface area contributed by atoms with Gasteiger partial charge < -0.3 is 15.5 Å². The zero-order chi connectivity index (χ0) is 12.1. The summed E-state index contributed by atoms with van der Waals surface area (Å²) in [5.41, 5.74) is 0.333. The van der Waals surface area contributed by atoms with Crippen molar-refractivity contribution >= 4 is 5.96 Å². The molecule has 0 bridgehead atoms. The van der Waals surface area contributed by atoms with E-state index in [1.807, 2.05) is 0 Å². The molecule has 4 heteroatoms. The van der Waals surface area contributed by atoms with Gasteiger partial charge in [0.2, 0.25) is 0 Å². The summed E-state index contributed by atoms with van der Waals surface area (Å²) in [6, 6.07) is 0. The highest BCUT2D eigenvalue weighted by Gasteiger charge is 2.34. The van der Waals surface area contributed by atoms with Crippen LogP contribution in [-0.4, -0.2) is 50.1 Å². The summed E-state index contributed by atoms with van der Waals surface area (Å²) < 4.78 is 0. The Morgan fingerprint density at radius 1 is 1.24 bits per heavy atom. The van der Waals surface area contributed by atoms with Gasteiger partial charge in [0, 0.05) is 25.2 Å². The average molecular weight is 238 g/mol. The third kappa shape index (κ3) is 3.12. The maximum atomic E-state index is 4.48. The van der Waals surface area contributed by atoms with Crippen LogP contribution in [0.5, 0.6) is 0 Å². The summed E-state index contributed by atoms with van der Waals surface area (Å²) in [4.78, 5) is 6.89. The van der Waals surface area contributed by atoms with Crippen LogP contribution in [0.2, 0.25) is 0 Å². The third-order valence-electron chi connectivity index (χ3n) is 4.22. The molecule has 0 amide bonds. The van der Waals surface area contributed by atoms with Gasteiger partial charge in [-0.2, -0.15) is 0 Å². The first kappa shape index (κ1) is 12.7. The molecule has 0 radical (unpaired) electrons. The smallest absolute Gasteiger partial charge is 0.191 e. The SMILES string of the molecule is CN(C)C1(CNC2=NCCCN2)CCCCC1. The molecular formula is C13H26N4. The van der Waals surface area contributed by atoms with Crippen LogP contribution in [0.3, 0.4) is 0 Å². The second-order valence-corrected chi connectivity index (χ2v) is 5.54. The highest BCUT2D eigenvalue weighted by Crippen LogP contribution is 2.31. The highest BCUT2D eigenvalue weighted by molar-refractivity contribution is 5.80. The molecule has 0 atom stereocenters. The van der Waals surface area contributed by atoms with Crippen molar-refractivity contribution in [2.75, 3.05) is 33.7 Å². The molecule has 1 fully saturated rings. The summed E-state index contributed by atoms with van der Waals surface area (Å²) in [5.74, 6) is 1.00. The molecule has 1 aliphatic carbocycles. The van der Waals surface area contributed by atoms with Crippen molar-refractivity contribution < 1.29 is 0 Å². The van der Waals surface area contributed by atoms with E-state index in [0.29, 0.717) is 5.54 Å². The summed E-state index contributed by atoms with van der Waals surface area (Å²) in [6.07, 6.45) is 7.89. The Bertz CT molecular complexity index is 267. The first-order valence-corrected chi connectivity index (χ1v) is 6.93. The Hall–Kier alpha value is -0.770. The van der Waals surface area contributed by atoms with Crippen LogP contribution < -0.4 is 10.6 Å². The maximum absolute atomic E-state index is 4.48. The van der Waals surface area contributed by atoms with Crippen molar-refractivity contribution in [1.82, 2.24) is 15.5 Å². The van der Waals surface area contributed by atoms with E-state index in [0.717, 1.165) is 32.0 Å². The number of nitrogens with one attached hydrogen (secondary N) is 2. The molecule has 0 unspecified atom stereocenters. The Kier molecular flexibility index (Phi) is 4.26. The zero-order valence-electron chi connectivity index (χ0n) is 11.3. The predicted molar refractivity (Wildman–Crippen MR) is 72.4 cm³/mol. The number of hydrogen-bond donors (Lipinski definition) is 2. The van der Waals surface area contributed by atoms with Gasteiger partial charge in [-0.1, -0.05) is 19.3 Å². The predicted octanol–water partition coefficient (Wildman–Crippen LogP) is 1.19. The molecule has 0 aromatic heterocycles. The van der Waals surface area contributed by atoms with Crippen LogP contribution in [0, 0.1) is 0 Å². The third-order valence-corrected chi connectivity index (χ3v) is 4.22. The Morgan fingerprint density at radius 2 is 2.00 bits per heavy atom. The minimum absolute atomic E-state index is 0.333. The van der Waals surface area contributed by atoms with Crippen molar-refractivity contribution in [2.24, 2.45) is 4.99 Å². The molecule has 2 aliphatic rings. The van der Waals surface area contributed by atoms with Gasteiger partial charge in [0.25, 0.3) is 0 Å². The zero-order valence-corrected chi connectivity index (χ0v) is 11.3. The average Bonchev–Trinajstić information content (AvgIpc) is 2.38. The molecule has 2 rings (SSSR count). The fraction of sp³-hybridized carbons (Fsp3) is 0.923. The molecule has 0 aromatic rings. The monoisotopic (exact) mass is 238 g/mol. The topological polar surface area (TPSA) is 39.7 Å². The van der Waals surface area contributed by atoms with Crippen molar-refractivity contribution in [3.63, 3.8) is 0 Å². The first-order valence-electron chi connectivity index (χ1n) is 6.93. The van der Waals surface area contributed by atoms with E-state index in [1.54, 1.807) is 0 Å². The van der Waals surface area contributed by atoms with Crippen molar-refractivity contribution in [3.8, 4) is 0 Å². The number of guanidine groups is 1. The van der Waals surface area contributed by atoms with Crippen LogP contribution in [0.25, 0.3) is 0 Å². The molecule has 17 heavy (non-hydrogen) atoms. The Balaban J connectivity index is 1.91. The van der Waals surface area contributed by atoms with Gasteiger partial charge >= 0.3 is 0 Å². The van der Waals surface area contributed by atoms with Gasteiger partial charge in [-0.05, 0) is 33.4 Å². The fourth-order valence-corrected chi connectivity index (χ4v) is 2.89. The summed E-state index contributed by atoms with van der Waals surface area (Å²) >= 11 is 0. The normalized spacial score (nSPS) is 24.1. The van der Waals surface area contributed by atoms with Gasteiger partial charge in [0.1, 0.15) is 0 Å². The van der Waals surface area contributed by atoms with E-state index in [4.69, 9.17) is 0 Å². The van der Waals surface area contributed by atoms with Gasteiger partial charge in [0.05, 0.1) is 0 Å². The lowest BCUT2D eigenvalue weighted by atomic mass is 9.80. The lowest BCUT2D eigenvalue weighted by Crippen LogP contribution is -2.55.